The van der Waals surface area contributed by atoms with Gasteiger partial charge in [0.2, 0.25) is 0 Å². The van der Waals surface area contributed by atoms with Gasteiger partial charge >= 0.3 is 0 Å². The Bertz CT molecular complexity index is 686. The van der Waals surface area contributed by atoms with Crippen LogP contribution in [0.4, 0.5) is 0 Å². The molecule has 0 aliphatic carbocycles. The van der Waals surface area contributed by atoms with Crippen LogP contribution in [0.15, 0.2) is 36.7 Å². The molecule has 1 aromatic carbocycles. The molecular formula is C19H26N4O. The van der Waals surface area contributed by atoms with Gasteiger partial charge < -0.3 is 10.2 Å². The van der Waals surface area contributed by atoms with Crippen molar-refractivity contribution in [2.45, 2.75) is 32.2 Å². The molecule has 5 nitrogen and oxygen atoms in total. The fraction of sp³-hybridized carbons (Fsp3) is 0.474. The van der Waals surface area contributed by atoms with Gasteiger partial charge in [-0.3, -0.25) is 9.48 Å². The first kappa shape index (κ1) is 16.7. The molecule has 0 bridgehead atoms. The number of carbonyl (C=O) groups is 1. The number of carbonyl (C=O) groups excluding carboxylic acids is 1. The molecule has 1 N–H and O–H groups in total. The average Bonchev–Trinajstić information content (AvgIpc) is 2.87. The molecular weight excluding hydrogens is 300 g/mol. The van der Waals surface area contributed by atoms with Crippen molar-refractivity contribution in [3.05, 3.63) is 42.2 Å². The Hall–Kier alpha value is -2.14. The van der Waals surface area contributed by atoms with Crippen LogP contribution in [0.1, 0.15) is 36.5 Å². The molecule has 1 amide bonds. The van der Waals surface area contributed by atoms with Crippen LogP contribution in [0.2, 0.25) is 0 Å². The van der Waals surface area contributed by atoms with E-state index in [-0.39, 0.29) is 5.91 Å². The van der Waals surface area contributed by atoms with Crippen LogP contribution in [0.3, 0.4) is 0 Å². The van der Waals surface area contributed by atoms with Crippen LogP contribution in [0.5, 0.6) is 0 Å². The summed E-state index contributed by atoms with van der Waals surface area (Å²) in [5, 5.41) is 7.64. The average molecular weight is 326 g/mol. The van der Waals surface area contributed by atoms with E-state index in [0.717, 1.165) is 55.6 Å². The topological polar surface area (TPSA) is 50.2 Å². The van der Waals surface area contributed by atoms with Gasteiger partial charge in [-0.25, -0.2) is 0 Å². The number of nitrogens with one attached hydrogen (secondary N) is 1. The van der Waals surface area contributed by atoms with E-state index in [2.05, 4.69) is 17.3 Å². The third-order valence-corrected chi connectivity index (χ3v) is 4.74. The maximum absolute atomic E-state index is 13.1. The summed E-state index contributed by atoms with van der Waals surface area (Å²) >= 11 is 0. The van der Waals surface area contributed by atoms with E-state index in [1.165, 1.54) is 0 Å². The van der Waals surface area contributed by atoms with Crippen LogP contribution >= 0.6 is 0 Å². The maximum Gasteiger partial charge on any atom is 0.254 e. The minimum atomic E-state index is 0.134. The predicted molar refractivity (Wildman–Crippen MR) is 95.9 cm³/mol. The summed E-state index contributed by atoms with van der Waals surface area (Å²) in [6, 6.07) is 8.22. The fourth-order valence-electron chi connectivity index (χ4n) is 3.45. The molecule has 2 aromatic rings. The number of hydrogen-bond acceptors (Lipinski definition) is 3. The Morgan fingerprint density at radius 1 is 1.33 bits per heavy atom. The highest BCUT2D eigenvalue weighted by atomic mass is 16.2. The third kappa shape index (κ3) is 3.67. The quantitative estimate of drug-likeness (QED) is 0.940. The Morgan fingerprint density at radius 3 is 2.96 bits per heavy atom. The molecule has 3 rings (SSSR count). The van der Waals surface area contributed by atoms with Crippen molar-refractivity contribution >= 4 is 5.91 Å². The normalized spacial score (nSPS) is 18.2. The number of nitrogens with zero attached hydrogens (tertiary/aromatic N) is 3. The van der Waals surface area contributed by atoms with Gasteiger partial charge in [0.05, 0.1) is 6.20 Å². The molecule has 1 fully saturated rings. The molecule has 0 spiro atoms. The number of aromatic nitrogens is 2. The summed E-state index contributed by atoms with van der Waals surface area (Å²) in [6.07, 6.45) is 7.04. The van der Waals surface area contributed by atoms with Crippen molar-refractivity contribution in [1.29, 1.82) is 0 Å². The number of hydrogen-bond donors (Lipinski definition) is 1. The molecule has 1 saturated heterocycles. The smallest absolute Gasteiger partial charge is 0.254 e. The lowest BCUT2D eigenvalue weighted by Crippen LogP contribution is -2.40. The first-order valence-electron chi connectivity index (χ1n) is 8.80. The highest BCUT2D eigenvalue weighted by Gasteiger charge is 2.24. The van der Waals surface area contributed by atoms with E-state index in [1.54, 1.807) is 4.68 Å². The molecule has 0 saturated carbocycles. The Labute approximate surface area is 143 Å². The van der Waals surface area contributed by atoms with Gasteiger partial charge in [0.15, 0.2) is 0 Å². The molecule has 5 heteroatoms. The van der Waals surface area contributed by atoms with E-state index < -0.39 is 0 Å². The molecule has 2 heterocycles. The minimum absolute atomic E-state index is 0.134. The predicted octanol–water partition coefficient (Wildman–Crippen LogP) is 2.69. The monoisotopic (exact) mass is 326 g/mol. The zero-order valence-corrected chi connectivity index (χ0v) is 14.5. The van der Waals surface area contributed by atoms with Gasteiger partial charge in [-0.05, 0) is 57.0 Å². The number of aryl methyl sites for hydroxylation is 1. The first-order valence-corrected chi connectivity index (χ1v) is 8.80. The van der Waals surface area contributed by atoms with Crippen molar-refractivity contribution < 1.29 is 4.79 Å². The van der Waals surface area contributed by atoms with E-state index in [4.69, 9.17) is 0 Å². The molecule has 1 aliphatic rings. The van der Waals surface area contributed by atoms with Crippen LogP contribution in [0, 0.1) is 0 Å². The summed E-state index contributed by atoms with van der Waals surface area (Å²) in [4.78, 5) is 15.1. The highest BCUT2D eigenvalue weighted by molar-refractivity contribution is 5.95. The maximum atomic E-state index is 13.1. The summed E-state index contributed by atoms with van der Waals surface area (Å²) in [5.41, 5.74) is 2.83. The SMILES string of the molecule is CCN(C(=O)c1cccc(-c2cnn(C)c2)c1)C1CCCNCC1. The molecule has 0 radical (unpaired) electrons. The van der Waals surface area contributed by atoms with Crippen molar-refractivity contribution in [3.8, 4) is 11.1 Å². The van der Waals surface area contributed by atoms with Gasteiger partial charge in [-0.1, -0.05) is 12.1 Å². The Kier molecular flexibility index (Phi) is 5.30. The zero-order valence-electron chi connectivity index (χ0n) is 14.5. The summed E-state index contributed by atoms with van der Waals surface area (Å²) in [7, 11) is 1.90. The summed E-state index contributed by atoms with van der Waals surface area (Å²) < 4.78 is 1.78. The Morgan fingerprint density at radius 2 is 2.21 bits per heavy atom. The molecule has 1 unspecified atom stereocenters. The summed E-state index contributed by atoms with van der Waals surface area (Å²) in [5.74, 6) is 0.134. The van der Waals surface area contributed by atoms with E-state index >= 15 is 0 Å². The Balaban J connectivity index is 1.82. The molecule has 128 valence electrons. The molecule has 1 aromatic heterocycles. The molecule has 24 heavy (non-hydrogen) atoms. The minimum Gasteiger partial charge on any atom is -0.336 e. The summed E-state index contributed by atoms with van der Waals surface area (Å²) in [6.45, 7) is 4.87. The molecule has 1 aliphatic heterocycles. The van der Waals surface area contributed by atoms with Crippen LogP contribution in [-0.4, -0.2) is 46.3 Å². The van der Waals surface area contributed by atoms with Gasteiger partial charge in [-0.15, -0.1) is 0 Å². The fourth-order valence-corrected chi connectivity index (χ4v) is 3.45. The largest absolute Gasteiger partial charge is 0.336 e. The number of rotatable bonds is 4. The standard InChI is InChI=1S/C19H26N4O/c1-3-23(18-8-5-10-20-11-9-18)19(24)16-7-4-6-15(12-16)17-13-21-22(2)14-17/h4,6-7,12-14,18,20H,3,5,8-11H2,1-2H3. The van der Waals surface area contributed by atoms with Crippen LogP contribution in [-0.2, 0) is 7.05 Å². The lowest BCUT2D eigenvalue weighted by atomic mass is 10.0. The highest BCUT2D eigenvalue weighted by Crippen LogP contribution is 2.22. The van der Waals surface area contributed by atoms with Gasteiger partial charge in [0.25, 0.3) is 5.91 Å². The lowest BCUT2D eigenvalue weighted by molar-refractivity contribution is 0.0676. The van der Waals surface area contributed by atoms with Gasteiger partial charge in [0.1, 0.15) is 0 Å². The van der Waals surface area contributed by atoms with Crippen LogP contribution < -0.4 is 5.32 Å². The second-order valence-corrected chi connectivity index (χ2v) is 6.41. The lowest BCUT2D eigenvalue weighted by Gasteiger charge is -2.30. The number of benzene rings is 1. The second kappa shape index (κ2) is 7.62. The second-order valence-electron chi connectivity index (χ2n) is 6.41. The zero-order chi connectivity index (χ0) is 16.9. The van der Waals surface area contributed by atoms with E-state index in [9.17, 15) is 4.79 Å². The molecule has 1 atom stereocenters. The van der Waals surface area contributed by atoms with Crippen molar-refractivity contribution in [1.82, 2.24) is 20.0 Å². The van der Waals surface area contributed by atoms with Gasteiger partial charge in [-0.2, -0.15) is 5.10 Å². The van der Waals surface area contributed by atoms with Crippen LogP contribution in [0.25, 0.3) is 11.1 Å². The number of amides is 1. The van der Waals surface area contributed by atoms with Crippen molar-refractivity contribution in [3.63, 3.8) is 0 Å². The van der Waals surface area contributed by atoms with E-state index in [1.807, 2.05) is 48.6 Å². The van der Waals surface area contributed by atoms with Gasteiger partial charge in [0, 0.05) is 37.0 Å². The van der Waals surface area contributed by atoms with E-state index in [0.29, 0.717) is 6.04 Å². The third-order valence-electron chi connectivity index (χ3n) is 4.74. The first-order chi connectivity index (χ1) is 11.7. The van der Waals surface area contributed by atoms with Crippen molar-refractivity contribution in [2.75, 3.05) is 19.6 Å². The van der Waals surface area contributed by atoms with Crippen molar-refractivity contribution in [2.24, 2.45) is 7.05 Å².